The number of hydrogen-bond acceptors (Lipinski definition) is 5. The van der Waals surface area contributed by atoms with Crippen LogP contribution in [0.15, 0.2) is 91.0 Å². The largest absolute Gasteiger partial charge is 0.465 e. The van der Waals surface area contributed by atoms with Gasteiger partial charge in [0.15, 0.2) is 0 Å². The van der Waals surface area contributed by atoms with Gasteiger partial charge in [-0.3, -0.25) is 0 Å². The Morgan fingerprint density at radius 1 is 0.781 bits per heavy atom. The smallest absolute Gasteiger partial charge is 0.355 e. The van der Waals surface area contributed by atoms with Crippen molar-refractivity contribution in [1.82, 2.24) is 4.98 Å². The summed E-state index contributed by atoms with van der Waals surface area (Å²) in [5.41, 5.74) is 2.85. The Hall–Kier alpha value is -4.32. The third-order valence-electron chi connectivity index (χ3n) is 4.74. The molecule has 0 fully saturated rings. The van der Waals surface area contributed by atoms with Crippen LogP contribution < -0.4 is 4.74 Å². The van der Waals surface area contributed by atoms with Gasteiger partial charge in [0.05, 0.1) is 12.7 Å². The van der Waals surface area contributed by atoms with E-state index in [-0.39, 0.29) is 6.61 Å². The first-order chi connectivity index (χ1) is 15.6. The zero-order valence-corrected chi connectivity index (χ0v) is 17.4. The summed E-state index contributed by atoms with van der Waals surface area (Å²) >= 11 is 0. The predicted octanol–water partition coefficient (Wildman–Crippen LogP) is 5.62. The highest BCUT2D eigenvalue weighted by Gasteiger charge is 2.15. The van der Waals surface area contributed by atoms with Crippen LogP contribution in [0, 0.1) is 0 Å². The number of H-pyrrole nitrogens is 1. The van der Waals surface area contributed by atoms with E-state index in [2.05, 4.69) is 4.98 Å². The molecule has 0 bridgehead atoms. The molecule has 160 valence electrons. The second-order valence-electron chi connectivity index (χ2n) is 7.00. The maximum Gasteiger partial charge on any atom is 0.355 e. The highest BCUT2D eigenvalue weighted by molar-refractivity contribution is 5.92. The number of carbonyl (C=O) groups is 2. The van der Waals surface area contributed by atoms with Crippen LogP contribution in [-0.2, 0) is 16.1 Å². The minimum Gasteiger partial charge on any atom is -0.465 e. The molecule has 0 spiro atoms. The molecule has 4 rings (SSSR count). The molecule has 6 nitrogen and oxygen atoms in total. The lowest BCUT2D eigenvalue weighted by molar-refractivity contribution is 0.0466. The minimum atomic E-state index is -0.487. The fraction of sp³-hybridized carbons (Fsp3) is 0.0769. The van der Waals surface area contributed by atoms with E-state index in [4.69, 9.17) is 14.2 Å². The molecule has 0 saturated heterocycles. The third kappa shape index (κ3) is 5.05. The fourth-order valence-corrected chi connectivity index (χ4v) is 3.16. The molecule has 0 aliphatic rings. The van der Waals surface area contributed by atoms with Crippen LogP contribution in [-0.4, -0.2) is 24.0 Å². The van der Waals surface area contributed by atoms with E-state index in [1.165, 1.54) is 7.11 Å². The van der Waals surface area contributed by atoms with Gasteiger partial charge in [0.25, 0.3) is 0 Å². The van der Waals surface area contributed by atoms with Crippen molar-refractivity contribution in [2.45, 2.75) is 6.61 Å². The van der Waals surface area contributed by atoms with Gasteiger partial charge >= 0.3 is 11.9 Å². The molecule has 0 radical (unpaired) electrons. The van der Waals surface area contributed by atoms with Crippen LogP contribution in [0.1, 0.15) is 26.4 Å². The molecule has 0 atom stereocenters. The van der Waals surface area contributed by atoms with E-state index in [0.717, 1.165) is 5.56 Å². The molecule has 0 aliphatic carbocycles. The highest BCUT2D eigenvalue weighted by atomic mass is 16.5. The Morgan fingerprint density at radius 3 is 2.22 bits per heavy atom. The quantitative estimate of drug-likeness (QED) is 0.388. The fourth-order valence-electron chi connectivity index (χ4n) is 3.16. The maximum atomic E-state index is 12.4. The number of ether oxygens (including phenoxy) is 3. The summed E-state index contributed by atoms with van der Waals surface area (Å²) in [6.07, 6.45) is 0. The van der Waals surface area contributed by atoms with Crippen molar-refractivity contribution in [2.75, 3.05) is 7.11 Å². The Kier molecular flexibility index (Phi) is 6.32. The second kappa shape index (κ2) is 9.66. The van der Waals surface area contributed by atoms with Crippen molar-refractivity contribution in [3.05, 3.63) is 108 Å². The first kappa shape index (κ1) is 20.9. The van der Waals surface area contributed by atoms with Crippen molar-refractivity contribution >= 4 is 11.9 Å². The Bertz CT molecular complexity index is 1220. The minimum absolute atomic E-state index is 0.181. The first-order valence-corrected chi connectivity index (χ1v) is 9.99. The van der Waals surface area contributed by atoms with Crippen molar-refractivity contribution in [3.8, 4) is 22.8 Å². The number of aromatic amines is 1. The molecule has 6 heteroatoms. The molecular weight excluding hydrogens is 406 g/mol. The maximum absolute atomic E-state index is 12.4. The molecule has 1 aromatic heterocycles. The highest BCUT2D eigenvalue weighted by Crippen LogP contribution is 2.29. The predicted molar refractivity (Wildman–Crippen MR) is 120 cm³/mol. The van der Waals surface area contributed by atoms with E-state index in [0.29, 0.717) is 34.0 Å². The van der Waals surface area contributed by atoms with Gasteiger partial charge in [-0.2, -0.15) is 0 Å². The molecule has 4 aromatic rings. The molecule has 0 unspecified atom stereocenters. The van der Waals surface area contributed by atoms with Gasteiger partial charge in [-0.25, -0.2) is 9.59 Å². The van der Waals surface area contributed by atoms with Crippen LogP contribution in [0.2, 0.25) is 0 Å². The Labute approximate surface area is 185 Å². The summed E-state index contributed by atoms with van der Waals surface area (Å²) in [5.74, 6) is 0.151. The van der Waals surface area contributed by atoms with Gasteiger partial charge in [-0.05, 0) is 48.0 Å². The number of carbonyl (C=O) groups excluding carboxylic acids is 2. The number of rotatable bonds is 7. The van der Waals surface area contributed by atoms with Crippen molar-refractivity contribution in [1.29, 1.82) is 0 Å². The van der Waals surface area contributed by atoms with E-state index in [1.54, 1.807) is 30.3 Å². The molecule has 1 N–H and O–H groups in total. The van der Waals surface area contributed by atoms with Gasteiger partial charge in [0.1, 0.15) is 23.8 Å². The summed E-state index contributed by atoms with van der Waals surface area (Å²) in [6, 6.07) is 27.2. The summed E-state index contributed by atoms with van der Waals surface area (Å²) < 4.78 is 16.2. The van der Waals surface area contributed by atoms with Crippen molar-refractivity contribution < 1.29 is 23.8 Å². The number of esters is 2. The molecule has 0 aliphatic heterocycles. The van der Waals surface area contributed by atoms with Crippen LogP contribution >= 0.6 is 0 Å². The molecule has 3 aromatic carbocycles. The van der Waals surface area contributed by atoms with Gasteiger partial charge in [0.2, 0.25) is 0 Å². The average Bonchev–Trinajstić information content (AvgIpc) is 3.34. The zero-order chi connectivity index (χ0) is 22.3. The summed E-state index contributed by atoms with van der Waals surface area (Å²) in [4.78, 5) is 27.7. The number of nitrogens with one attached hydrogen (secondary N) is 1. The van der Waals surface area contributed by atoms with Crippen LogP contribution in [0.5, 0.6) is 11.5 Å². The van der Waals surface area contributed by atoms with Gasteiger partial charge < -0.3 is 19.2 Å². The molecule has 0 amide bonds. The van der Waals surface area contributed by atoms with Crippen LogP contribution in [0.4, 0.5) is 0 Å². The number of para-hydroxylation sites is 1. The first-order valence-electron chi connectivity index (χ1n) is 9.99. The summed E-state index contributed by atoms with van der Waals surface area (Å²) in [5, 5.41) is 0. The Morgan fingerprint density at radius 2 is 1.50 bits per heavy atom. The zero-order valence-electron chi connectivity index (χ0n) is 17.4. The lowest BCUT2D eigenvalue weighted by atomic mass is 10.1. The number of methoxy groups -OCH3 is 1. The van der Waals surface area contributed by atoms with E-state index in [9.17, 15) is 9.59 Å². The van der Waals surface area contributed by atoms with Crippen LogP contribution in [0.3, 0.4) is 0 Å². The van der Waals surface area contributed by atoms with E-state index < -0.39 is 11.9 Å². The molecule has 1 heterocycles. The third-order valence-corrected chi connectivity index (χ3v) is 4.74. The number of hydrogen-bond donors (Lipinski definition) is 1. The number of benzene rings is 3. The summed E-state index contributed by atoms with van der Waals surface area (Å²) in [7, 11) is 1.32. The van der Waals surface area contributed by atoms with Gasteiger partial charge in [-0.1, -0.05) is 48.5 Å². The SMILES string of the molecule is COC(=O)c1cc(Oc2ccccc2)cc(-c2ccc(C(=O)OCc3ccccc3)[nH]2)c1. The molecular formula is C26H21NO5. The topological polar surface area (TPSA) is 77.6 Å². The lowest BCUT2D eigenvalue weighted by Gasteiger charge is -2.10. The Balaban J connectivity index is 1.57. The average molecular weight is 427 g/mol. The van der Waals surface area contributed by atoms with Crippen molar-refractivity contribution in [2.24, 2.45) is 0 Å². The molecule has 32 heavy (non-hydrogen) atoms. The molecule has 0 saturated carbocycles. The number of aromatic nitrogens is 1. The van der Waals surface area contributed by atoms with E-state index in [1.807, 2.05) is 60.7 Å². The summed E-state index contributed by atoms with van der Waals surface area (Å²) in [6.45, 7) is 0.181. The van der Waals surface area contributed by atoms with Gasteiger partial charge in [0, 0.05) is 11.3 Å². The van der Waals surface area contributed by atoms with Crippen molar-refractivity contribution in [3.63, 3.8) is 0 Å². The standard InChI is InChI=1S/C26H21NO5/c1-30-25(28)20-14-19(15-22(16-20)32-21-10-6-3-7-11-21)23-12-13-24(27-23)26(29)31-17-18-8-4-2-5-9-18/h2-16,27H,17H2,1H3. The van der Waals surface area contributed by atoms with E-state index >= 15 is 0 Å². The van der Waals surface area contributed by atoms with Gasteiger partial charge in [-0.15, -0.1) is 0 Å². The lowest BCUT2D eigenvalue weighted by Crippen LogP contribution is -2.05. The normalized spacial score (nSPS) is 10.4. The second-order valence-corrected chi connectivity index (χ2v) is 7.00. The van der Waals surface area contributed by atoms with Crippen LogP contribution in [0.25, 0.3) is 11.3 Å². The monoisotopic (exact) mass is 427 g/mol.